The lowest BCUT2D eigenvalue weighted by Gasteiger charge is -2.33. The van der Waals surface area contributed by atoms with Gasteiger partial charge in [-0.3, -0.25) is 4.79 Å². The number of hydrogen-bond acceptors (Lipinski definition) is 5. The van der Waals surface area contributed by atoms with E-state index in [-0.39, 0.29) is 11.8 Å². The Kier molecular flexibility index (Phi) is 6.83. The van der Waals surface area contributed by atoms with Crippen LogP contribution in [-0.2, 0) is 27.9 Å². The van der Waals surface area contributed by atoms with Crippen LogP contribution in [0.15, 0.2) is 63.4 Å². The number of aryl methyl sites for hydroxylation is 2. The Labute approximate surface area is 193 Å². The van der Waals surface area contributed by atoms with E-state index in [9.17, 15) is 13.2 Å². The van der Waals surface area contributed by atoms with Gasteiger partial charge in [-0.15, -0.1) is 11.3 Å². The summed E-state index contributed by atoms with van der Waals surface area (Å²) in [5.41, 5.74) is 2.02. The van der Waals surface area contributed by atoms with Gasteiger partial charge in [0.2, 0.25) is 15.9 Å². The molecule has 0 saturated carbocycles. The van der Waals surface area contributed by atoms with Crippen LogP contribution in [0.1, 0.15) is 34.6 Å². The van der Waals surface area contributed by atoms with E-state index in [1.165, 1.54) is 4.31 Å². The summed E-state index contributed by atoms with van der Waals surface area (Å²) in [6, 6.07) is 12.9. The highest BCUT2D eigenvalue weighted by Crippen LogP contribution is 2.27. The van der Waals surface area contributed by atoms with E-state index >= 15 is 0 Å². The second-order valence-electron chi connectivity index (χ2n) is 8.28. The van der Waals surface area contributed by atoms with Crippen molar-refractivity contribution in [1.82, 2.24) is 9.21 Å². The number of furan rings is 1. The molecular formula is C24H28N2O4S2. The largest absolute Gasteiger partial charge is 0.467 e. The molecule has 1 aliphatic rings. The van der Waals surface area contributed by atoms with Gasteiger partial charge in [0.05, 0.1) is 24.2 Å². The fraction of sp³-hybridized carbons (Fsp3) is 0.375. The number of nitrogens with zero attached hydrogens (tertiary/aromatic N) is 2. The first-order valence-electron chi connectivity index (χ1n) is 10.8. The van der Waals surface area contributed by atoms with Crippen LogP contribution in [-0.4, -0.2) is 36.6 Å². The molecule has 8 heteroatoms. The Morgan fingerprint density at radius 1 is 1.09 bits per heavy atom. The van der Waals surface area contributed by atoms with Gasteiger partial charge in [-0.25, -0.2) is 8.42 Å². The molecule has 3 heterocycles. The molecule has 0 unspecified atom stereocenters. The molecule has 1 saturated heterocycles. The molecule has 2 aromatic heterocycles. The Hall–Kier alpha value is -2.42. The SMILES string of the molecule is Cc1ccc(S(=O)(=O)N2CCC(C(=O)N(Cc3ccco3)Cc3cccs3)CC2)cc1C. The van der Waals surface area contributed by atoms with Crippen LogP contribution in [0, 0.1) is 19.8 Å². The van der Waals surface area contributed by atoms with Crippen LogP contribution in [0.2, 0.25) is 0 Å². The molecule has 6 nitrogen and oxygen atoms in total. The molecule has 170 valence electrons. The Balaban J connectivity index is 1.44. The maximum Gasteiger partial charge on any atom is 0.243 e. The van der Waals surface area contributed by atoms with Gasteiger partial charge < -0.3 is 9.32 Å². The number of piperidine rings is 1. The van der Waals surface area contributed by atoms with E-state index in [4.69, 9.17) is 4.42 Å². The maximum absolute atomic E-state index is 13.4. The Bertz CT molecular complexity index is 1110. The molecule has 1 fully saturated rings. The van der Waals surface area contributed by atoms with Crippen molar-refractivity contribution < 1.29 is 17.6 Å². The second kappa shape index (κ2) is 9.60. The number of carbonyl (C=O) groups is 1. The number of benzene rings is 1. The topological polar surface area (TPSA) is 70.8 Å². The second-order valence-corrected chi connectivity index (χ2v) is 11.2. The first-order valence-corrected chi connectivity index (χ1v) is 13.1. The minimum absolute atomic E-state index is 0.0537. The van der Waals surface area contributed by atoms with Crippen molar-refractivity contribution in [1.29, 1.82) is 0 Å². The van der Waals surface area contributed by atoms with Crippen LogP contribution >= 0.6 is 11.3 Å². The van der Waals surface area contributed by atoms with Crippen molar-refractivity contribution in [3.63, 3.8) is 0 Å². The zero-order valence-electron chi connectivity index (χ0n) is 18.4. The van der Waals surface area contributed by atoms with E-state index in [1.54, 1.807) is 29.7 Å². The van der Waals surface area contributed by atoms with Crippen LogP contribution in [0.4, 0.5) is 0 Å². The van der Waals surface area contributed by atoms with E-state index in [0.717, 1.165) is 21.8 Å². The fourth-order valence-electron chi connectivity index (χ4n) is 4.02. The molecule has 4 rings (SSSR count). The molecule has 0 aliphatic carbocycles. The summed E-state index contributed by atoms with van der Waals surface area (Å²) >= 11 is 1.62. The van der Waals surface area contributed by atoms with E-state index in [0.29, 0.717) is 43.9 Å². The Morgan fingerprint density at radius 3 is 2.50 bits per heavy atom. The van der Waals surface area contributed by atoms with Crippen molar-refractivity contribution in [2.45, 2.75) is 44.7 Å². The van der Waals surface area contributed by atoms with Gasteiger partial charge in [0.1, 0.15) is 5.76 Å². The number of amides is 1. The average molecular weight is 473 g/mol. The van der Waals surface area contributed by atoms with Gasteiger partial charge in [-0.05, 0) is 73.5 Å². The highest BCUT2D eigenvalue weighted by atomic mass is 32.2. The lowest BCUT2D eigenvalue weighted by Crippen LogP contribution is -2.44. The van der Waals surface area contributed by atoms with E-state index in [2.05, 4.69) is 0 Å². The Morgan fingerprint density at radius 2 is 1.88 bits per heavy atom. The predicted octanol–water partition coefficient (Wildman–Crippen LogP) is 4.59. The number of carbonyl (C=O) groups excluding carboxylic acids is 1. The minimum Gasteiger partial charge on any atom is -0.467 e. The third-order valence-corrected chi connectivity index (χ3v) is 8.84. The van der Waals surface area contributed by atoms with Gasteiger partial charge in [-0.1, -0.05) is 12.1 Å². The van der Waals surface area contributed by atoms with Gasteiger partial charge in [0, 0.05) is 23.9 Å². The monoisotopic (exact) mass is 472 g/mol. The molecule has 1 amide bonds. The van der Waals surface area contributed by atoms with Crippen LogP contribution < -0.4 is 0 Å². The van der Waals surface area contributed by atoms with Gasteiger partial charge >= 0.3 is 0 Å². The number of sulfonamides is 1. The van der Waals surface area contributed by atoms with E-state index < -0.39 is 10.0 Å². The molecule has 0 bridgehead atoms. The average Bonchev–Trinajstić information content (AvgIpc) is 3.49. The molecule has 1 aromatic carbocycles. The zero-order chi connectivity index (χ0) is 22.7. The summed E-state index contributed by atoms with van der Waals surface area (Å²) in [5.74, 6) is 0.596. The van der Waals surface area contributed by atoms with Crippen LogP contribution in [0.3, 0.4) is 0 Å². The van der Waals surface area contributed by atoms with Gasteiger partial charge in [0.25, 0.3) is 0 Å². The highest BCUT2D eigenvalue weighted by molar-refractivity contribution is 7.89. The number of hydrogen-bond donors (Lipinski definition) is 0. The third kappa shape index (κ3) is 4.98. The summed E-state index contributed by atoms with van der Waals surface area (Å²) in [4.78, 5) is 16.6. The summed E-state index contributed by atoms with van der Waals surface area (Å²) in [5, 5.41) is 2.00. The normalized spacial score (nSPS) is 15.7. The number of thiophene rings is 1. The lowest BCUT2D eigenvalue weighted by molar-refractivity contribution is -0.138. The van der Waals surface area contributed by atoms with Crippen molar-refractivity contribution in [3.05, 3.63) is 75.9 Å². The maximum atomic E-state index is 13.4. The highest BCUT2D eigenvalue weighted by Gasteiger charge is 2.34. The summed E-state index contributed by atoms with van der Waals surface area (Å²) in [6.07, 6.45) is 2.64. The van der Waals surface area contributed by atoms with Gasteiger partial charge in [-0.2, -0.15) is 4.31 Å². The third-order valence-electron chi connectivity index (χ3n) is 6.08. The first-order chi connectivity index (χ1) is 15.3. The molecule has 0 radical (unpaired) electrons. The predicted molar refractivity (Wildman–Crippen MR) is 125 cm³/mol. The molecule has 3 aromatic rings. The summed E-state index contributed by atoms with van der Waals surface area (Å²) in [6.45, 7) is 5.51. The minimum atomic E-state index is -3.56. The molecule has 32 heavy (non-hydrogen) atoms. The molecule has 0 spiro atoms. The molecular weight excluding hydrogens is 444 g/mol. The standard InChI is InChI=1S/C24H28N2O4S2/c1-18-7-8-23(15-19(18)2)32(28,29)26-11-9-20(10-12-26)24(27)25(16-21-5-3-13-30-21)17-22-6-4-14-31-22/h3-8,13-15,20H,9-12,16-17H2,1-2H3. The van der Waals surface area contributed by atoms with Crippen LogP contribution in [0.25, 0.3) is 0 Å². The lowest BCUT2D eigenvalue weighted by atomic mass is 9.96. The van der Waals surface area contributed by atoms with Crippen molar-refractivity contribution in [3.8, 4) is 0 Å². The smallest absolute Gasteiger partial charge is 0.243 e. The van der Waals surface area contributed by atoms with Crippen molar-refractivity contribution in [2.75, 3.05) is 13.1 Å². The first kappa shape index (κ1) is 22.8. The van der Waals surface area contributed by atoms with Crippen LogP contribution in [0.5, 0.6) is 0 Å². The zero-order valence-corrected chi connectivity index (χ0v) is 20.0. The summed E-state index contributed by atoms with van der Waals surface area (Å²) < 4.78 is 33.2. The summed E-state index contributed by atoms with van der Waals surface area (Å²) in [7, 11) is -3.56. The fourth-order valence-corrected chi connectivity index (χ4v) is 6.29. The van der Waals surface area contributed by atoms with Gasteiger partial charge in [0.15, 0.2) is 0 Å². The quantitative estimate of drug-likeness (QED) is 0.504. The van der Waals surface area contributed by atoms with Crippen molar-refractivity contribution >= 4 is 27.3 Å². The molecule has 0 atom stereocenters. The molecule has 0 N–H and O–H groups in total. The molecule has 1 aliphatic heterocycles. The van der Waals surface area contributed by atoms with E-state index in [1.807, 2.05) is 54.5 Å². The number of rotatable bonds is 7. The van der Waals surface area contributed by atoms with Crippen molar-refractivity contribution in [2.24, 2.45) is 5.92 Å².